The summed E-state index contributed by atoms with van der Waals surface area (Å²) in [6, 6.07) is 27.5. The summed E-state index contributed by atoms with van der Waals surface area (Å²) in [7, 11) is 0. The van der Waals surface area contributed by atoms with Gasteiger partial charge in [0.1, 0.15) is 0 Å². The van der Waals surface area contributed by atoms with Crippen LogP contribution in [0.3, 0.4) is 0 Å². The molecule has 266 valence electrons. The van der Waals surface area contributed by atoms with Crippen molar-refractivity contribution in [2.45, 2.75) is 123 Å². The number of benzene rings is 3. The molecule has 0 radical (unpaired) electrons. The van der Waals surface area contributed by atoms with Crippen LogP contribution in [0.15, 0.2) is 115 Å². The summed E-state index contributed by atoms with van der Waals surface area (Å²) in [5.74, 6) is 0. The van der Waals surface area contributed by atoms with E-state index >= 15 is 0 Å². The second-order valence-electron chi connectivity index (χ2n) is 17.9. The number of hydrogen-bond acceptors (Lipinski definition) is 2. The summed E-state index contributed by atoms with van der Waals surface area (Å²) in [6.07, 6.45) is 7.63. The predicted molar refractivity (Wildman–Crippen MR) is 216 cm³/mol. The van der Waals surface area contributed by atoms with Crippen molar-refractivity contribution in [1.29, 1.82) is 0 Å². The van der Waals surface area contributed by atoms with Gasteiger partial charge in [0.15, 0.2) is 0 Å². The van der Waals surface area contributed by atoms with E-state index < -0.39 is 25.7 Å². The van der Waals surface area contributed by atoms with Crippen LogP contribution in [0.5, 0.6) is 0 Å². The Labute approximate surface area is 309 Å². The molecule has 0 bridgehead atoms. The molecule has 2 atom stereocenters. The van der Waals surface area contributed by atoms with Crippen molar-refractivity contribution in [2.24, 2.45) is 0 Å². The molecule has 4 rings (SSSR count). The van der Waals surface area contributed by atoms with E-state index in [-0.39, 0.29) is 21.7 Å². The second kappa shape index (κ2) is 14.1. The Balaban J connectivity index is 2.12. The molecule has 0 saturated carbocycles. The van der Waals surface area contributed by atoms with Gasteiger partial charge in [-0.15, -0.1) is 0 Å². The summed E-state index contributed by atoms with van der Waals surface area (Å²) in [5.41, 5.74) is 4.60. The maximum absolute atomic E-state index is 13.4. The molecule has 50 heavy (non-hydrogen) atoms. The van der Waals surface area contributed by atoms with Gasteiger partial charge in [-0.2, -0.15) is 0 Å². The molecule has 1 heterocycles. The van der Waals surface area contributed by atoms with Gasteiger partial charge in [-0.05, 0) is 0 Å². The molecule has 2 unspecified atom stereocenters. The Hall–Kier alpha value is -3.20. The van der Waals surface area contributed by atoms with Gasteiger partial charge in [0.2, 0.25) is 0 Å². The van der Waals surface area contributed by atoms with E-state index in [0.29, 0.717) is 0 Å². The van der Waals surface area contributed by atoms with E-state index in [1.54, 1.807) is 6.08 Å². The van der Waals surface area contributed by atoms with Gasteiger partial charge < -0.3 is 0 Å². The van der Waals surface area contributed by atoms with Crippen molar-refractivity contribution in [3.8, 4) is 0 Å². The fourth-order valence-electron chi connectivity index (χ4n) is 6.32. The standard InChI is InChI=1S/C47H60O2Se/c1-15-20-32(21-16-2)46(48,38-28-34(42(3,4)5)26-35(29-38)43(6,7)8)40-24-25-41(50-40)47(49,33-22-18-17-19-23-33)39-30-36(44(9,10)11)27-37(31-39)45(12,13)14/h15-31,48-49H,1H2,2-14H3/b21-16-,32-20+. The SMILES string of the molecule is C=C/C=C(\C=C/C)C(O)(c1cc(C(C)(C)C)cc(C(C)(C)C)c1)c1ccc(C(O)(c2ccccc2)c2cc(C(C)(C)C)cc(C(C)(C)C)c2)[se]1. The number of hydrogen-bond donors (Lipinski definition) is 2. The van der Waals surface area contributed by atoms with Gasteiger partial charge in [0, 0.05) is 0 Å². The zero-order valence-corrected chi connectivity index (χ0v) is 34.5. The molecule has 0 saturated heterocycles. The first-order chi connectivity index (χ1) is 23.0. The molecular formula is C47H60O2Se. The summed E-state index contributed by atoms with van der Waals surface area (Å²) >= 11 is -0.430. The molecule has 0 spiro atoms. The van der Waals surface area contributed by atoms with Crippen LogP contribution in [0.1, 0.15) is 138 Å². The van der Waals surface area contributed by atoms with Gasteiger partial charge in [0.25, 0.3) is 0 Å². The number of aliphatic hydroxyl groups is 2. The molecular weight excluding hydrogens is 675 g/mol. The Morgan fingerprint density at radius 2 is 0.940 bits per heavy atom. The second-order valence-corrected chi connectivity index (χ2v) is 20.2. The first-order valence-electron chi connectivity index (χ1n) is 17.9. The van der Waals surface area contributed by atoms with Crippen molar-refractivity contribution in [3.05, 3.63) is 163 Å². The third kappa shape index (κ3) is 7.98. The molecule has 0 amide bonds. The molecule has 2 N–H and O–H groups in total. The molecule has 0 aliphatic carbocycles. The Morgan fingerprint density at radius 1 is 0.540 bits per heavy atom. The summed E-state index contributed by atoms with van der Waals surface area (Å²) in [6.45, 7) is 32.7. The summed E-state index contributed by atoms with van der Waals surface area (Å²) < 4.78 is 1.76. The minimum atomic E-state index is -1.46. The summed E-state index contributed by atoms with van der Waals surface area (Å²) in [5, 5.41) is 26.7. The van der Waals surface area contributed by atoms with E-state index in [2.05, 4.69) is 138 Å². The number of allylic oxidation sites excluding steroid dienone is 3. The first-order valence-corrected chi connectivity index (χ1v) is 19.6. The Morgan fingerprint density at radius 3 is 1.34 bits per heavy atom. The van der Waals surface area contributed by atoms with E-state index in [1.165, 1.54) is 22.3 Å². The van der Waals surface area contributed by atoms with Crippen molar-refractivity contribution in [3.63, 3.8) is 0 Å². The molecule has 2 nitrogen and oxygen atoms in total. The van der Waals surface area contributed by atoms with Gasteiger partial charge in [0.05, 0.1) is 0 Å². The molecule has 0 aliphatic heterocycles. The van der Waals surface area contributed by atoms with Gasteiger partial charge in [-0.3, -0.25) is 0 Å². The monoisotopic (exact) mass is 736 g/mol. The van der Waals surface area contributed by atoms with Crippen molar-refractivity contribution in [2.75, 3.05) is 0 Å². The van der Waals surface area contributed by atoms with Crippen molar-refractivity contribution < 1.29 is 10.2 Å². The molecule has 1 aromatic heterocycles. The molecule has 4 aromatic rings. The van der Waals surface area contributed by atoms with Crippen LogP contribution in [0.25, 0.3) is 0 Å². The van der Waals surface area contributed by atoms with E-state index in [0.717, 1.165) is 31.1 Å². The van der Waals surface area contributed by atoms with Gasteiger partial charge in [-0.25, -0.2) is 0 Å². The molecule has 3 aromatic carbocycles. The van der Waals surface area contributed by atoms with Crippen molar-refractivity contribution >= 4 is 14.5 Å². The quantitative estimate of drug-likeness (QED) is 0.140. The van der Waals surface area contributed by atoms with Gasteiger partial charge in [-0.1, -0.05) is 0 Å². The molecule has 0 fully saturated rings. The van der Waals surface area contributed by atoms with E-state index in [9.17, 15) is 10.2 Å². The molecule has 3 heteroatoms. The van der Waals surface area contributed by atoms with E-state index in [1.807, 2.05) is 55.5 Å². The van der Waals surface area contributed by atoms with Crippen LogP contribution < -0.4 is 0 Å². The normalized spacial score (nSPS) is 15.9. The predicted octanol–water partition coefficient (Wildman–Crippen LogP) is 11.1. The first kappa shape index (κ1) is 39.6. The van der Waals surface area contributed by atoms with Crippen LogP contribution in [0.2, 0.25) is 0 Å². The van der Waals surface area contributed by atoms with Crippen molar-refractivity contribution in [1.82, 2.24) is 0 Å². The fourth-order valence-corrected chi connectivity index (χ4v) is 8.99. The third-order valence-electron chi connectivity index (χ3n) is 9.74. The molecule has 0 aliphatic rings. The van der Waals surface area contributed by atoms with Crippen LogP contribution in [0, 0.1) is 0 Å². The summed E-state index contributed by atoms with van der Waals surface area (Å²) in [4.78, 5) is 0. The van der Waals surface area contributed by atoms with Crippen LogP contribution >= 0.6 is 0 Å². The minimum absolute atomic E-state index is 0.119. The van der Waals surface area contributed by atoms with Crippen LogP contribution in [0.4, 0.5) is 0 Å². The zero-order chi connectivity index (χ0) is 37.5. The number of rotatable bonds is 8. The Bertz CT molecular complexity index is 1810. The topological polar surface area (TPSA) is 40.5 Å². The van der Waals surface area contributed by atoms with E-state index in [4.69, 9.17) is 0 Å². The van der Waals surface area contributed by atoms with Crippen LogP contribution in [-0.2, 0) is 32.9 Å². The fraction of sp³-hybridized carbons (Fsp3) is 0.404. The Kier molecular flexibility index (Phi) is 11.1. The average Bonchev–Trinajstić information content (AvgIpc) is 3.54. The van der Waals surface area contributed by atoms with Gasteiger partial charge >= 0.3 is 311 Å². The average molecular weight is 736 g/mol. The zero-order valence-electron chi connectivity index (χ0n) is 32.8. The van der Waals surface area contributed by atoms with Crippen LogP contribution in [-0.4, -0.2) is 24.7 Å². The maximum atomic E-state index is 13.4. The third-order valence-corrected chi connectivity index (χ3v) is 12.5.